The van der Waals surface area contributed by atoms with E-state index in [2.05, 4.69) is 5.10 Å². The smallest absolute Gasteiger partial charge is 0.249 e. The number of amides is 1. The van der Waals surface area contributed by atoms with Gasteiger partial charge in [-0.15, -0.1) is 0 Å². The van der Waals surface area contributed by atoms with Crippen molar-refractivity contribution in [1.82, 2.24) is 9.78 Å². The second kappa shape index (κ2) is 5.01. The normalized spacial score (nSPS) is 10.4. The molecule has 1 aromatic heterocycles. The van der Waals surface area contributed by atoms with Crippen LogP contribution in [0.25, 0.3) is 16.8 Å². The molecule has 0 spiro atoms. The molecule has 2 aromatic carbocycles. The van der Waals surface area contributed by atoms with E-state index < -0.39 is 5.91 Å². The number of nitrogens with zero attached hydrogens (tertiary/aromatic N) is 2. The molecule has 0 atom stereocenters. The molecule has 1 heterocycles. The summed E-state index contributed by atoms with van der Waals surface area (Å²) in [4.78, 5) is 11.7. The maximum atomic E-state index is 11.7. The molecule has 4 heteroatoms. The molecular weight excluding hydrogens is 250 g/mol. The van der Waals surface area contributed by atoms with Crippen LogP contribution in [-0.4, -0.2) is 15.7 Å². The van der Waals surface area contributed by atoms with Gasteiger partial charge in [-0.2, -0.15) is 5.10 Å². The van der Waals surface area contributed by atoms with Gasteiger partial charge in [0.2, 0.25) is 5.91 Å². The first-order valence-electron chi connectivity index (χ1n) is 6.25. The van der Waals surface area contributed by atoms with Crippen molar-refractivity contribution in [3.05, 3.63) is 72.6 Å². The Balaban J connectivity index is 2.15. The predicted octanol–water partition coefficient (Wildman–Crippen LogP) is 2.64. The molecule has 4 nitrogen and oxygen atoms in total. The molecule has 0 unspecified atom stereocenters. The van der Waals surface area contributed by atoms with Crippen LogP contribution < -0.4 is 5.73 Å². The van der Waals surface area contributed by atoms with Crippen molar-refractivity contribution in [3.8, 4) is 16.8 Å². The Morgan fingerprint density at radius 1 is 1.05 bits per heavy atom. The maximum Gasteiger partial charge on any atom is 0.249 e. The molecule has 0 aliphatic carbocycles. The van der Waals surface area contributed by atoms with E-state index in [4.69, 9.17) is 5.73 Å². The average molecular weight is 263 g/mol. The van der Waals surface area contributed by atoms with Gasteiger partial charge in [-0.25, -0.2) is 4.68 Å². The highest BCUT2D eigenvalue weighted by Gasteiger charge is 2.11. The Morgan fingerprint density at radius 3 is 2.50 bits per heavy atom. The largest absolute Gasteiger partial charge is 0.366 e. The highest BCUT2D eigenvalue weighted by molar-refractivity contribution is 6.00. The van der Waals surface area contributed by atoms with Crippen LogP contribution in [0.1, 0.15) is 10.4 Å². The number of hydrogen-bond donors (Lipinski definition) is 1. The van der Waals surface area contributed by atoms with Gasteiger partial charge in [0.05, 0.1) is 5.69 Å². The average Bonchev–Trinajstić information content (AvgIpc) is 3.02. The van der Waals surface area contributed by atoms with E-state index in [0.29, 0.717) is 5.56 Å². The lowest BCUT2D eigenvalue weighted by molar-refractivity contribution is 0.100. The van der Waals surface area contributed by atoms with Gasteiger partial charge < -0.3 is 5.73 Å². The van der Waals surface area contributed by atoms with Crippen LogP contribution in [0.5, 0.6) is 0 Å². The molecule has 0 fully saturated rings. The Morgan fingerprint density at radius 2 is 1.85 bits per heavy atom. The Labute approximate surface area is 116 Å². The fourth-order valence-electron chi connectivity index (χ4n) is 2.17. The van der Waals surface area contributed by atoms with Crippen molar-refractivity contribution < 1.29 is 4.79 Å². The van der Waals surface area contributed by atoms with Crippen molar-refractivity contribution in [3.63, 3.8) is 0 Å². The van der Waals surface area contributed by atoms with Crippen molar-refractivity contribution >= 4 is 5.91 Å². The summed E-state index contributed by atoms with van der Waals surface area (Å²) in [5.74, 6) is -0.446. The molecule has 3 aromatic rings. The first kappa shape index (κ1) is 12.2. The molecule has 98 valence electrons. The summed E-state index contributed by atoms with van der Waals surface area (Å²) >= 11 is 0. The molecule has 3 rings (SSSR count). The number of aromatic nitrogens is 2. The third-order valence-corrected chi connectivity index (χ3v) is 3.12. The zero-order valence-corrected chi connectivity index (χ0v) is 10.7. The lowest BCUT2D eigenvalue weighted by atomic mass is 9.98. The van der Waals surface area contributed by atoms with E-state index in [9.17, 15) is 4.79 Å². The fraction of sp³-hybridized carbons (Fsp3) is 0. The third kappa shape index (κ3) is 2.19. The van der Waals surface area contributed by atoms with Crippen molar-refractivity contribution in [1.29, 1.82) is 0 Å². The fourth-order valence-corrected chi connectivity index (χ4v) is 2.17. The lowest BCUT2D eigenvalue weighted by Gasteiger charge is -2.10. The maximum absolute atomic E-state index is 11.7. The number of rotatable bonds is 3. The summed E-state index contributed by atoms with van der Waals surface area (Å²) in [7, 11) is 0. The van der Waals surface area contributed by atoms with Crippen LogP contribution in [0.4, 0.5) is 0 Å². The number of nitrogens with two attached hydrogens (primary N) is 1. The number of primary amides is 1. The minimum Gasteiger partial charge on any atom is -0.366 e. The topological polar surface area (TPSA) is 60.9 Å². The third-order valence-electron chi connectivity index (χ3n) is 3.12. The molecule has 0 aliphatic rings. The van der Waals surface area contributed by atoms with Crippen molar-refractivity contribution in [2.75, 3.05) is 0 Å². The highest BCUT2D eigenvalue weighted by Crippen LogP contribution is 2.25. The first-order valence-corrected chi connectivity index (χ1v) is 6.25. The SMILES string of the molecule is NC(=O)c1cc(-n2cccn2)ccc1-c1ccccc1. The molecule has 0 saturated heterocycles. The monoisotopic (exact) mass is 263 g/mol. The number of carbonyl (C=O) groups is 1. The number of hydrogen-bond acceptors (Lipinski definition) is 2. The summed E-state index contributed by atoms with van der Waals surface area (Å²) in [6.45, 7) is 0. The van der Waals surface area contributed by atoms with Gasteiger partial charge >= 0.3 is 0 Å². The Hall–Kier alpha value is -2.88. The van der Waals surface area contributed by atoms with Crippen molar-refractivity contribution in [2.24, 2.45) is 5.73 Å². The summed E-state index contributed by atoms with van der Waals surface area (Å²) in [6, 6.07) is 17.1. The van der Waals surface area contributed by atoms with Gasteiger partial charge in [0.15, 0.2) is 0 Å². The second-order valence-electron chi connectivity index (χ2n) is 4.41. The summed E-state index contributed by atoms with van der Waals surface area (Å²) in [6.07, 6.45) is 3.51. The zero-order chi connectivity index (χ0) is 13.9. The van der Waals surface area contributed by atoms with Gasteiger partial charge in [-0.1, -0.05) is 36.4 Å². The van der Waals surface area contributed by atoms with E-state index in [1.165, 1.54) is 0 Å². The molecule has 1 amide bonds. The minimum atomic E-state index is -0.446. The molecule has 20 heavy (non-hydrogen) atoms. The van der Waals surface area contributed by atoms with Gasteiger partial charge in [0.25, 0.3) is 0 Å². The van der Waals surface area contributed by atoms with Crippen LogP contribution in [0.2, 0.25) is 0 Å². The zero-order valence-electron chi connectivity index (χ0n) is 10.7. The van der Waals surface area contributed by atoms with Gasteiger partial charge in [0, 0.05) is 18.0 Å². The predicted molar refractivity (Wildman–Crippen MR) is 77.5 cm³/mol. The number of benzene rings is 2. The van der Waals surface area contributed by atoms with E-state index in [1.54, 1.807) is 16.9 Å². The lowest BCUT2D eigenvalue weighted by Crippen LogP contribution is -2.13. The molecule has 0 radical (unpaired) electrons. The molecule has 0 aliphatic heterocycles. The van der Waals surface area contributed by atoms with Crippen molar-refractivity contribution in [2.45, 2.75) is 0 Å². The van der Waals surface area contributed by atoms with Crippen LogP contribution in [0.15, 0.2) is 67.0 Å². The van der Waals surface area contributed by atoms with Crippen LogP contribution in [0.3, 0.4) is 0 Å². The van der Waals surface area contributed by atoms with Crippen LogP contribution in [-0.2, 0) is 0 Å². The molecular formula is C16H13N3O. The van der Waals surface area contributed by atoms with E-state index in [-0.39, 0.29) is 0 Å². The summed E-state index contributed by atoms with van der Waals surface area (Å²) in [5, 5.41) is 4.15. The molecule has 2 N–H and O–H groups in total. The van der Waals surface area contributed by atoms with E-state index in [0.717, 1.165) is 16.8 Å². The standard InChI is InChI=1S/C16H13N3O/c17-16(20)15-11-13(19-10-4-9-18-19)7-8-14(15)12-5-2-1-3-6-12/h1-11H,(H2,17,20). The number of carbonyl (C=O) groups excluding carboxylic acids is 1. The Bertz CT molecular complexity index is 734. The molecule has 0 saturated carbocycles. The van der Waals surface area contributed by atoms with Crippen LogP contribution in [0, 0.1) is 0 Å². The molecule has 0 bridgehead atoms. The summed E-state index contributed by atoms with van der Waals surface area (Å²) in [5.41, 5.74) is 8.60. The minimum absolute atomic E-state index is 0.446. The quantitative estimate of drug-likeness (QED) is 0.789. The van der Waals surface area contributed by atoms with Gasteiger partial charge in [0.1, 0.15) is 0 Å². The van der Waals surface area contributed by atoms with Gasteiger partial charge in [-0.3, -0.25) is 4.79 Å². The Kier molecular flexibility index (Phi) is 3.05. The summed E-state index contributed by atoms with van der Waals surface area (Å²) < 4.78 is 1.70. The van der Waals surface area contributed by atoms with E-state index >= 15 is 0 Å². The van der Waals surface area contributed by atoms with Gasteiger partial charge in [-0.05, 0) is 29.3 Å². The van der Waals surface area contributed by atoms with E-state index in [1.807, 2.05) is 54.7 Å². The highest BCUT2D eigenvalue weighted by atomic mass is 16.1. The first-order chi connectivity index (χ1) is 9.75. The second-order valence-corrected chi connectivity index (χ2v) is 4.41. The van der Waals surface area contributed by atoms with Crippen LogP contribution >= 0.6 is 0 Å².